The number of halogens is 1. The third kappa shape index (κ3) is 3.56. The molecule has 1 saturated heterocycles. The largest absolute Gasteiger partial charge is 0.379 e. The average molecular weight is 285 g/mol. The number of carbonyl (C=O) groups is 1. The van der Waals surface area contributed by atoms with E-state index in [2.05, 4.69) is 15.7 Å². The van der Waals surface area contributed by atoms with E-state index in [-0.39, 0.29) is 16.6 Å². The first-order chi connectivity index (χ1) is 9.02. The zero-order valence-electron chi connectivity index (χ0n) is 10.7. The number of hydrogen-bond acceptors (Lipinski definition) is 5. The van der Waals surface area contributed by atoms with Gasteiger partial charge in [-0.2, -0.15) is 0 Å². The zero-order valence-corrected chi connectivity index (χ0v) is 11.5. The van der Waals surface area contributed by atoms with Gasteiger partial charge in [0.05, 0.1) is 12.1 Å². The number of anilines is 1. The fourth-order valence-corrected chi connectivity index (χ4v) is 2.29. The van der Waals surface area contributed by atoms with Gasteiger partial charge in [0.15, 0.2) is 0 Å². The van der Waals surface area contributed by atoms with Gasteiger partial charge >= 0.3 is 0 Å². The van der Waals surface area contributed by atoms with Crippen LogP contribution in [0.25, 0.3) is 0 Å². The van der Waals surface area contributed by atoms with Crippen LogP contribution in [0.5, 0.6) is 0 Å². The van der Waals surface area contributed by atoms with Gasteiger partial charge in [0.1, 0.15) is 11.0 Å². The maximum atomic E-state index is 12.2. The smallest absolute Gasteiger partial charge is 0.252 e. The highest BCUT2D eigenvalue weighted by Gasteiger charge is 2.29. The number of pyridine rings is 1. The van der Waals surface area contributed by atoms with Crippen molar-refractivity contribution in [3.63, 3.8) is 0 Å². The number of aromatic nitrogens is 1. The normalized spacial score (nSPS) is 22.9. The molecule has 1 aromatic heterocycles. The molecule has 0 radical (unpaired) electrons. The first kappa shape index (κ1) is 14.0. The summed E-state index contributed by atoms with van der Waals surface area (Å²) in [7, 11) is 0. The lowest BCUT2D eigenvalue weighted by Crippen LogP contribution is -2.51. The van der Waals surface area contributed by atoms with Gasteiger partial charge in [0.2, 0.25) is 0 Å². The van der Waals surface area contributed by atoms with E-state index in [4.69, 9.17) is 22.2 Å². The number of hydrazine groups is 1. The Kier molecular flexibility index (Phi) is 4.24. The van der Waals surface area contributed by atoms with Crippen molar-refractivity contribution in [1.29, 1.82) is 0 Å². The maximum absolute atomic E-state index is 12.2. The molecule has 1 aliphatic rings. The molecule has 1 aromatic rings. The topological polar surface area (TPSA) is 89.3 Å². The molecule has 0 spiro atoms. The molecule has 1 aliphatic heterocycles. The highest BCUT2D eigenvalue weighted by atomic mass is 35.5. The lowest BCUT2D eigenvalue weighted by Gasteiger charge is -2.34. The van der Waals surface area contributed by atoms with E-state index >= 15 is 0 Å². The monoisotopic (exact) mass is 284 g/mol. The molecule has 104 valence electrons. The van der Waals surface area contributed by atoms with Crippen LogP contribution in [0.2, 0.25) is 5.15 Å². The Bertz CT molecular complexity index is 475. The standard InChI is InChI=1S/C12H17ClN4O2/c1-12(3-2-4-19-7-12)16-11(18)8-5-9(13)15-10(6-8)17-14/h5-6H,2-4,7,14H2,1H3,(H,15,17)(H,16,18). The van der Waals surface area contributed by atoms with Gasteiger partial charge in [-0.25, -0.2) is 10.8 Å². The van der Waals surface area contributed by atoms with Crippen LogP contribution < -0.4 is 16.6 Å². The number of nitrogens with two attached hydrogens (primary N) is 1. The predicted molar refractivity (Wildman–Crippen MR) is 73.0 cm³/mol. The molecule has 2 rings (SSSR count). The summed E-state index contributed by atoms with van der Waals surface area (Å²) in [6.45, 7) is 3.22. The molecule has 0 saturated carbocycles. The van der Waals surface area contributed by atoms with Crippen molar-refractivity contribution in [2.45, 2.75) is 25.3 Å². The van der Waals surface area contributed by atoms with Crippen molar-refractivity contribution in [3.8, 4) is 0 Å². The van der Waals surface area contributed by atoms with Crippen molar-refractivity contribution >= 4 is 23.3 Å². The summed E-state index contributed by atoms with van der Waals surface area (Å²) in [6, 6.07) is 3.05. The van der Waals surface area contributed by atoms with Gasteiger partial charge < -0.3 is 15.5 Å². The van der Waals surface area contributed by atoms with E-state index in [0.29, 0.717) is 18.0 Å². The van der Waals surface area contributed by atoms with Gasteiger partial charge in [-0.15, -0.1) is 0 Å². The molecule has 0 bridgehead atoms. The number of carbonyl (C=O) groups excluding carboxylic acids is 1. The molecule has 7 heteroatoms. The van der Waals surface area contributed by atoms with E-state index in [1.54, 1.807) is 6.07 Å². The lowest BCUT2D eigenvalue weighted by molar-refractivity contribution is 0.0272. The number of nitrogen functional groups attached to an aromatic ring is 1. The summed E-state index contributed by atoms with van der Waals surface area (Å²) < 4.78 is 5.40. The molecule has 0 aliphatic carbocycles. The third-order valence-corrected chi connectivity index (χ3v) is 3.25. The molecule has 2 heterocycles. The van der Waals surface area contributed by atoms with Gasteiger partial charge in [-0.05, 0) is 31.9 Å². The SMILES string of the molecule is CC1(NC(=O)c2cc(Cl)nc(NN)c2)CCCOC1. The summed E-state index contributed by atoms with van der Waals surface area (Å²) in [5, 5.41) is 3.18. The van der Waals surface area contributed by atoms with E-state index in [1.165, 1.54) is 6.07 Å². The molecule has 6 nitrogen and oxygen atoms in total. The van der Waals surface area contributed by atoms with E-state index in [0.717, 1.165) is 19.4 Å². The van der Waals surface area contributed by atoms with Gasteiger partial charge in [0, 0.05) is 12.2 Å². The van der Waals surface area contributed by atoms with Crippen LogP contribution in [0.1, 0.15) is 30.1 Å². The number of nitrogens with zero attached hydrogens (tertiary/aromatic N) is 1. The van der Waals surface area contributed by atoms with Crippen molar-refractivity contribution in [2.75, 3.05) is 18.6 Å². The maximum Gasteiger partial charge on any atom is 0.252 e. The Hall–Kier alpha value is -1.37. The van der Waals surface area contributed by atoms with E-state index in [9.17, 15) is 4.79 Å². The minimum absolute atomic E-state index is 0.214. The van der Waals surface area contributed by atoms with Crippen LogP contribution in [0.15, 0.2) is 12.1 Å². The van der Waals surface area contributed by atoms with Crippen LogP contribution in [-0.2, 0) is 4.74 Å². The second-order valence-electron chi connectivity index (χ2n) is 4.88. The first-order valence-corrected chi connectivity index (χ1v) is 6.45. The Morgan fingerprint density at radius 2 is 2.37 bits per heavy atom. The average Bonchev–Trinajstić information content (AvgIpc) is 2.38. The number of nitrogens with one attached hydrogen (secondary N) is 2. The summed E-state index contributed by atoms with van der Waals surface area (Å²) in [5.74, 6) is 5.41. The van der Waals surface area contributed by atoms with Crippen LogP contribution in [0.3, 0.4) is 0 Å². The Labute approximate surface area is 116 Å². The molecule has 1 atom stereocenters. The van der Waals surface area contributed by atoms with Crippen LogP contribution in [0.4, 0.5) is 5.82 Å². The highest BCUT2D eigenvalue weighted by Crippen LogP contribution is 2.20. The fraction of sp³-hybridized carbons (Fsp3) is 0.500. The molecule has 0 aromatic carbocycles. The highest BCUT2D eigenvalue weighted by molar-refractivity contribution is 6.29. The lowest BCUT2D eigenvalue weighted by atomic mass is 9.94. The zero-order chi connectivity index (χ0) is 13.9. The van der Waals surface area contributed by atoms with Crippen LogP contribution >= 0.6 is 11.6 Å². The second-order valence-corrected chi connectivity index (χ2v) is 5.27. The molecule has 1 amide bonds. The Balaban J connectivity index is 2.13. The van der Waals surface area contributed by atoms with Crippen molar-refractivity contribution in [2.24, 2.45) is 5.84 Å². The minimum Gasteiger partial charge on any atom is -0.379 e. The number of rotatable bonds is 3. The quantitative estimate of drug-likeness (QED) is 0.442. The van der Waals surface area contributed by atoms with E-state index < -0.39 is 0 Å². The second kappa shape index (κ2) is 5.73. The van der Waals surface area contributed by atoms with Gasteiger partial charge in [0.25, 0.3) is 5.91 Å². The summed E-state index contributed by atoms with van der Waals surface area (Å²) in [4.78, 5) is 16.1. The van der Waals surface area contributed by atoms with Crippen molar-refractivity contribution in [3.05, 3.63) is 22.8 Å². The number of ether oxygens (including phenoxy) is 1. The Morgan fingerprint density at radius 3 is 3.00 bits per heavy atom. The predicted octanol–water partition coefficient (Wildman–Crippen LogP) is 1.32. The van der Waals surface area contributed by atoms with Crippen molar-refractivity contribution < 1.29 is 9.53 Å². The minimum atomic E-state index is -0.346. The Morgan fingerprint density at radius 1 is 1.58 bits per heavy atom. The molecular formula is C12H17ClN4O2. The molecule has 19 heavy (non-hydrogen) atoms. The third-order valence-electron chi connectivity index (χ3n) is 3.06. The fourth-order valence-electron chi connectivity index (χ4n) is 2.08. The number of amides is 1. The summed E-state index contributed by atoms with van der Waals surface area (Å²) in [6.07, 6.45) is 1.82. The number of hydrogen-bond donors (Lipinski definition) is 3. The van der Waals surface area contributed by atoms with E-state index in [1.807, 2.05) is 6.92 Å². The summed E-state index contributed by atoms with van der Waals surface area (Å²) >= 11 is 5.84. The van der Waals surface area contributed by atoms with Crippen molar-refractivity contribution in [1.82, 2.24) is 10.3 Å². The molecular weight excluding hydrogens is 268 g/mol. The van der Waals surface area contributed by atoms with Crippen LogP contribution in [-0.4, -0.2) is 29.6 Å². The molecule has 1 fully saturated rings. The van der Waals surface area contributed by atoms with Crippen LogP contribution in [0, 0.1) is 0 Å². The summed E-state index contributed by atoms with van der Waals surface area (Å²) in [5.41, 5.74) is 2.45. The molecule has 1 unspecified atom stereocenters. The molecule has 4 N–H and O–H groups in total. The van der Waals surface area contributed by atoms with Gasteiger partial charge in [-0.3, -0.25) is 4.79 Å². The van der Waals surface area contributed by atoms with Gasteiger partial charge in [-0.1, -0.05) is 11.6 Å². The first-order valence-electron chi connectivity index (χ1n) is 6.07.